The Balaban J connectivity index is 1.46. The highest BCUT2D eigenvalue weighted by atomic mass is 16.6. The van der Waals surface area contributed by atoms with Gasteiger partial charge in [0.1, 0.15) is 6.10 Å². The van der Waals surface area contributed by atoms with Crippen molar-refractivity contribution in [2.24, 2.45) is 5.16 Å². The third-order valence-electron chi connectivity index (χ3n) is 4.78. The number of nitrogens with zero attached hydrogens (tertiary/aromatic N) is 2. The quantitative estimate of drug-likeness (QED) is 0.841. The number of carbonyl (C=O) groups excluding carboxylic acids is 1. The molecule has 0 radical (unpaired) electrons. The lowest BCUT2D eigenvalue weighted by Gasteiger charge is -2.41. The molecule has 118 valence electrons. The van der Waals surface area contributed by atoms with Gasteiger partial charge in [-0.05, 0) is 19.3 Å². The van der Waals surface area contributed by atoms with Crippen LogP contribution in [-0.2, 0) is 14.4 Å². The van der Waals surface area contributed by atoms with Crippen LogP contribution in [0.25, 0.3) is 0 Å². The average Bonchev–Trinajstić information content (AvgIpc) is 2.87. The largest absolute Gasteiger partial charge is 0.391 e. The zero-order valence-electron chi connectivity index (χ0n) is 12.8. The van der Waals surface area contributed by atoms with Crippen LogP contribution in [0.15, 0.2) is 5.16 Å². The van der Waals surface area contributed by atoms with Gasteiger partial charge < -0.3 is 14.9 Å². The molecule has 2 fully saturated rings. The summed E-state index contributed by atoms with van der Waals surface area (Å²) in [4.78, 5) is 19.4. The van der Waals surface area contributed by atoms with E-state index in [1.165, 1.54) is 5.71 Å². The first-order valence-electron chi connectivity index (χ1n) is 8.04. The Morgan fingerprint density at radius 1 is 1.43 bits per heavy atom. The average molecular weight is 295 g/mol. The van der Waals surface area contributed by atoms with Gasteiger partial charge in [0.15, 0.2) is 0 Å². The molecule has 6 nitrogen and oxygen atoms in total. The van der Waals surface area contributed by atoms with Crippen molar-refractivity contribution in [1.82, 2.24) is 10.2 Å². The predicted molar refractivity (Wildman–Crippen MR) is 79.2 cm³/mol. The van der Waals surface area contributed by atoms with Crippen molar-refractivity contribution >= 4 is 11.6 Å². The molecular weight excluding hydrogens is 270 g/mol. The van der Waals surface area contributed by atoms with Crippen molar-refractivity contribution < 1.29 is 14.4 Å². The number of amides is 1. The minimum Gasteiger partial charge on any atom is -0.391 e. The summed E-state index contributed by atoms with van der Waals surface area (Å²) in [5, 5.41) is 7.10. The summed E-state index contributed by atoms with van der Waals surface area (Å²) in [5.41, 5.74) is 1.02. The summed E-state index contributed by atoms with van der Waals surface area (Å²) in [6, 6.07) is 0. The van der Waals surface area contributed by atoms with E-state index in [4.69, 9.17) is 9.57 Å². The number of carbonyl (C=O) groups is 1. The Morgan fingerprint density at radius 3 is 2.95 bits per heavy atom. The molecule has 1 amide bonds. The number of oxime groups is 1. The number of rotatable bonds is 3. The number of nitrogens with one attached hydrogen (secondary N) is 1. The van der Waals surface area contributed by atoms with Crippen molar-refractivity contribution in [3.63, 3.8) is 0 Å². The minimum absolute atomic E-state index is 0.109. The summed E-state index contributed by atoms with van der Waals surface area (Å²) in [6.45, 7) is 6.25. The van der Waals surface area contributed by atoms with Crippen LogP contribution in [0.3, 0.4) is 0 Å². The summed E-state index contributed by atoms with van der Waals surface area (Å²) in [6.07, 6.45) is 4.59. The summed E-state index contributed by atoms with van der Waals surface area (Å²) in [7, 11) is 0. The molecule has 0 bridgehead atoms. The van der Waals surface area contributed by atoms with E-state index in [2.05, 4.69) is 22.3 Å². The zero-order chi connectivity index (χ0) is 14.7. The van der Waals surface area contributed by atoms with E-state index in [9.17, 15) is 4.79 Å². The fourth-order valence-electron chi connectivity index (χ4n) is 3.30. The molecule has 21 heavy (non-hydrogen) atoms. The van der Waals surface area contributed by atoms with Gasteiger partial charge in [-0.1, -0.05) is 12.1 Å². The second-order valence-electron chi connectivity index (χ2n) is 6.30. The molecule has 3 aliphatic heterocycles. The Morgan fingerprint density at radius 2 is 2.24 bits per heavy atom. The Kier molecular flexibility index (Phi) is 4.45. The van der Waals surface area contributed by atoms with Crippen LogP contribution in [0.4, 0.5) is 0 Å². The molecule has 0 aromatic rings. The molecular formula is C15H25N3O3. The van der Waals surface area contributed by atoms with Crippen molar-refractivity contribution in [2.45, 2.75) is 50.7 Å². The topological polar surface area (TPSA) is 63.2 Å². The van der Waals surface area contributed by atoms with Gasteiger partial charge in [-0.15, -0.1) is 0 Å². The zero-order valence-corrected chi connectivity index (χ0v) is 12.8. The standard InChI is InChI=1S/C15H25N3O3/c1-2-12-9-13(21-17-12)10-18-6-4-15(5-7-18)11-16-14(19)3-8-20-15/h13H,2-11H2,1H3,(H,16,19). The second kappa shape index (κ2) is 6.32. The predicted octanol–water partition coefficient (Wildman–Crippen LogP) is 0.912. The van der Waals surface area contributed by atoms with Crippen molar-refractivity contribution in [2.75, 3.05) is 32.8 Å². The fraction of sp³-hybridized carbons (Fsp3) is 0.867. The van der Waals surface area contributed by atoms with E-state index in [1.807, 2.05) is 0 Å². The highest BCUT2D eigenvalue weighted by Gasteiger charge is 2.38. The first-order chi connectivity index (χ1) is 10.2. The highest BCUT2D eigenvalue weighted by Crippen LogP contribution is 2.28. The van der Waals surface area contributed by atoms with Gasteiger partial charge in [0.05, 0.1) is 17.9 Å². The van der Waals surface area contributed by atoms with Gasteiger partial charge in [-0.3, -0.25) is 9.69 Å². The molecule has 1 atom stereocenters. The maximum atomic E-state index is 11.4. The van der Waals surface area contributed by atoms with Gasteiger partial charge in [-0.25, -0.2) is 0 Å². The molecule has 0 aromatic heterocycles. The van der Waals surface area contributed by atoms with E-state index in [1.54, 1.807) is 0 Å². The molecule has 6 heteroatoms. The van der Waals surface area contributed by atoms with Crippen LogP contribution >= 0.6 is 0 Å². The van der Waals surface area contributed by atoms with Crippen molar-refractivity contribution in [1.29, 1.82) is 0 Å². The number of hydrogen-bond acceptors (Lipinski definition) is 5. The van der Waals surface area contributed by atoms with Crippen LogP contribution < -0.4 is 5.32 Å². The van der Waals surface area contributed by atoms with Gasteiger partial charge in [0.25, 0.3) is 0 Å². The first kappa shape index (κ1) is 14.8. The lowest BCUT2D eigenvalue weighted by Crippen LogP contribution is -2.52. The molecule has 3 aliphatic rings. The first-order valence-corrected chi connectivity index (χ1v) is 8.04. The maximum Gasteiger partial charge on any atom is 0.222 e. The van der Waals surface area contributed by atoms with E-state index >= 15 is 0 Å². The van der Waals surface area contributed by atoms with Crippen LogP contribution in [0.5, 0.6) is 0 Å². The van der Waals surface area contributed by atoms with E-state index in [0.29, 0.717) is 19.6 Å². The van der Waals surface area contributed by atoms with Crippen molar-refractivity contribution in [3.8, 4) is 0 Å². The summed E-state index contributed by atoms with van der Waals surface area (Å²) < 4.78 is 5.99. The SMILES string of the molecule is CCC1=NOC(CN2CCC3(CC2)CNC(=O)CCO3)C1. The number of ether oxygens (including phenoxy) is 1. The number of likely N-dealkylation sites (tertiary alicyclic amines) is 1. The molecule has 0 aliphatic carbocycles. The van der Waals surface area contributed by atoms with Gasteiger partial charge in [0.2, 0.25) is 5.91 Å². The molecule has 0 saturated carbocycles. The van der Waals surface area contributed by atoms with Crippen LogP contribution in [-0.4, -0.2) is 61.0 Å². The molecule has 1 spiro atoms. The monoisotopic (exact) mass is 295 g/mol. The number of hydrogen-bond donors (Lipinski definition) is 1. The summed E-state index contributed by atoms with van der Waals surface area (Å²) >= 11 is 0. The van der Waals surface area contributed by atoms with Gasteiger partial charge in [0, 0.05) is 39.0 Å². The Hall–Kier alpha value is -1.14. The maximum absolute atomic E-state index is 11.4. The molecule has 0 aromatic carbocycles. The Bertz CT molecular complexity index is 416. The van der Waals surface area contributed by atoms with E-state index in [0.717, 1.165) is 45.3 Å². The third-order valence-corrected chi connectivity index (χ3v) is 4.78. The molecule has 3 heterocycles. The van der Waals surface area contributed by atoms with Crippen LogP contribution in [0.2, 0.25) is 0 Å². The summed E-state index contributed by atoms with van der Waals surface area (Å²) in [5.74, 6) is 0.109. The van der Waals surface area contributed by atoms with Gasteiger partial charge in [-0.2, -0.15) is 0 Å². The number of piperidine rings is 1. The smallest absolute Gasteiger partial charge is 0.222 e. The minimum atomic E-state index is -0.149. The molecule has 1 unspecified atom stereocenters. The van der Waals surface area contributed by atoms with Crippen LogP contribution in [0.1, 0.15) is 39.0 Å². The van der Waals surface area contributed by atoms with E-state index < -0.39 is 0 Å². The van der Waals surface area contributed by atoms with E-state index in [-0.39, 0.29) is 17.6 Å². The normalized spacial score (nSPS) is 29.7. The highest BCUT2D eigenvalue weighted by molar-refractivity contribution is 5.85. The Labute approximate surface area is 125 Å². The molecule has 2 saturated heterocycles. The lowest BCUT2D eigenvalue weighted by molar-refractivity contribution is -0.120. The fourth-order valence-corrected chi connectivity index (χ4v) is 3.30. The molecule has 1 N–H and O–H groups in total. The molecule has 3 rings (SSSR count). The van der Waals surface area contributed by atoms with Gasteiger partial charge >= 0.3 is 0 Å². The lowest BCUT2D eigenvalue weighted by atomic mass is 9.90. The van der Waals surface area contributed by atoms with Crippen LogP contribution in [0, 0.1) is 0 Å². The van der Waals surface area contributed by atoms with Crippen molar-refractivity contribution in [3.05, 3.63) is 0 Å². The second-order valence-corrected chi connectivity index (χ2v) is 6.30. The third kappa shape index (κ3) is 3.55.